The van der Waals surface area contributed by atoms with Crippen molar-refractivity contribution in [1.29, 1.82) is 0 Å². The van der Waals surface area contributed by atoms with Crippen molar-refractivity contribution in [3.63, 3.8) is 0 Å². The summed E-state index contributed by atoms with van der Waals surface area (Å²) in [4.78, 5) is 3.99. The largest absolute Gasteiger partial charge is 0.377 e. The van der Waals surface area contributed by atoms with Crippen molar-refractivity contribution in [3.8, 4) is 0 Å². The molecule has 7 heteroatoms. The smallest absolute Gasteiger partial charge is 0.280 e. The molecule has 0 saturated heterocycles. The van der Waals surface area contributed by atoms with Gasteiger partial charge in [-0.2, -0.15) is 0 Å². The van der Waals surface area contributed by atoms with Crippen molar-refractivity contribution >= 4 is 19.7 Å². The fourth-order valence-electron chi connectivity index (χ4n) is 1.41. The van der Waals surface area contributed by atoms with E-state index in [0.717, 1.165) is 0 Å². The summed E-state index contributed by atoms with van der Waals surface area (Å²) in [7, 11) is 1.49. The van der Waals surface area contributed by atoms with Crippen LogP contribution in [0.5, 0.6) is 0 Å². The monoisotopic (exact) mass is 280 g/mol. The predicted octanol–water partition coefficient (Wildman–Crippen LogP) is 1.80. The van der Waals surface area contributed by atoms with Gasteiger partial charge in [0.1, 0.15) is 5.82 Å². The Bertz CT molecular complexity index is 468. The van der Waals surface area contributed by atoms with E-state index in [9.17, 15) is 8.42 Å². The van der Waals surface area contributed by atoms with Crippen molar-refractivity contribution in [1.82, 2.24) is 9.55 Å². The zero-order valence-electron chi connectivity index (χ0n) is 10.2. The zero-order chi connectivity index (χ0) is 13.1. The second kappa shape index (κ2) is 5.84. The molecule has 0 fully saturated rings. The molecule has 0 aliphatic carbocycles. The Balaban J connectivity index is 2.81. The lowest BCUT2D eigenvalue weighted by atomic mass is 10.4. The number of hydrogen-bond acceptors (Lipinski definition) is 4. The zero-order valence-corrected chi connectivity index (χ0v) is 11.8. The third kappa shape index (κ3) is 4.29. The third-order valence-corrected chi connectivity index (χ3v) is 3.36. The molecule has 17 heavy (non-hydrogen) atoms. The van der Waals surface area contributed by atoms with Crippen LogP contribution in [-0.2, 0) is 26.8 Å². The number of hydrogen-bond donors (Lipinski definition) is 0. The maximum Gasteiger partial charge on any atom is 0.280 e. The fourth-order valence-corrected chi connectivity index (χ4v) is 2.10. The van der Waals surface area contributed by atoms with E-state index in [1.165, 1.54) is 6.20 Å². The summed E-state index contributed by atoms with van der Waals surface area (Å²) >= 11 is 0. The van der Waals surface area contributed by atoms with E-state index < -0.39 is 9.05 Å². The van der Waals surface area contributed by atoms with Crippen molar-refractivity contribution < 1.29 is 13.2 Å². The lowest BCUT2D eigenvalue weighted by Crippen LogP contribution is -2.11. The lowest BCUT2D eigenvalue weighted by molar-refractivity contribution is 0.0723. The molecule has 0 aliphatic heterocycles. The first kappa shape index (κ1) is 14.5. The first-order valence-corrected chi connectivity index (χ1v) is 7.77. The Hall–Kier alpha value is -0.590. The minimum atomic E-state index is -3.76. The van der Waals surface area contributed by atoms with Crippen molar-refractivity contribution in [2.45, 2.75) is 44.9 Å². The first-order valence-electron chi connectivity index (χ1n) is 5.47. The van der Waals surface area contributed by atoms with E-state index in [1.54, 1.807) is 4.57 Å². The molecule has 0 N–H and O–H groups in total. The number of rotatable bonds is 6. The highest BCUT2D eigenvalue weighted by atomic mass is 35.7. The Morgan fingerprint density at radius 3 is 2.65 bits per heavy atom. The molecular formula is C10H17ClN2O3S. The van der Waals surface area contributed by atoms with Gasteiger partial charge in [0.05, 0.1) is 12.7 Å². The third-order valence-electron chi connectivity index (χ3n) is 2.19. The average Bonchev–Trinajstić information content (AvgIpc) is 2.60. The standard InChI is InChI=1S/C10H17ClN2O3S/c1-4-9-12-10(17(11,14)15)7-13(9)5-6-16-8(2)3/h7-8H,4-6H2,1-3H3. The van der Waals surface area contributed by atoms with E-state index in [0.29, 0.717) is 25.4 Å². The van der Waals surface area contributed by atoms with Crippen LogP contribution in [0, 0.1) is 0 Å². The lowest BCUT2D eigenvalue weighted by Gasteiger charge is -2.09. The maximum absolute atomic E-state index is 11.2. The fraction of sp³-hybridized carbons (Fsp3) is 0.700. The van der Waals surface area contributed by atoms with Crippen LogP contribution in [0.25, 0.3) is 0 Å². The van der Waals surface area contributed by atoms with Gasteiger partial charge in [-0.05, 0) is 13.8 Å². The Kier molecular flexibility index (Phi) is 4.97. The van der Waals surface area contributed by atoms with Gasteiger partial charge in [-0.1, -0.05) is 6.92 Å². The summed E-state index contributed by atoms with van der Waals surface area (Å²) in [5.41, 5.74) is 0. The first-order chi connectivity index (χ1) is 7.84. The summed E-state index contributed by atoms with van der Waals surface area (Å²) in [5.74, 6) is 0.691. The van der Waals surface area contributed by atoms with Gasteiger partial charge in [-0.25, -0.2) is 13.4 Å². The number of ether oxygens (including phenoxy) is 1. The van der Waals surface area contributed by atoms with Crippen LogP contribution in [0.3, 0.4) is 0 Å². The van der Waals surface area contributed by atoms with Crippen molar-refractivity contribution in [2.24, 2.45) is 0 Å². The quantitative estimate of drug-likeness (QED) is 0.746. The van der Waals surface area contributed by atoms with Crippen LogP contribution in [0.2, 0.25) is 0 Å². The van der Waals surface area contributed by atoms with E-state index >= 15 is 0 Å². The molecule has 1 rings (SSSR count). The SMILES string of the molecule is CCc1nc(S(=O)(=O)Cl)cn1CCOC(C)C. The molecule has 0 spiro atoms. The summed E-state index contributed by atoms with van der Waals surface area (Å²) in [6.45, 7) is 6.89. The molecule has 0 aliphatic rings. The van der Waals surface area contributed by atoms with Crippen molar-refractivity contribution in [3.05, 3.63) is 12.0 Å². The summed E-state index contributed by atoms with van der Waals surface area (Å²) in [6, 6.07) is 0. The van der Waals surface area contributed by atoms with Crippen LogP contribution >= 0.6 is 10.7 Å². The van der Waals surface area contributed by atoms with Gasteiger partial charge in [0.25, 0.3) is 9.05 Å². The van der Waals surface area contributed by atoms with E-state index in [-0.39, 0.29) is 11.1 Å². The molecule has 0 radical (unpaired) electrons. The highest BCUT2D eigenvalue weighted by molar-refractivity contribution is 8.13. The summed E-state index contributed by atoms with van der Waals surface area (Å²) < 4.78 is 29.5. The summed E-state index contributed by atoms with van der Waals surface area (Å²) in [6.07, 6.45) is 2.25. The summed E-state index contributed by atoms with van der Waals surface area (Å²) in [5, 5.41) is -0.0967. The Labute approximate surface area is 106 Å². The molecule has 0 saturated carbocycles. The molecule has 0 amide bonds. The van der Waals surface area contributed by atoms with Crippen LogP contribution < -0.4 is 0 Å². The predicted molar refractivity (Wildman–Crippen MR) is 65.7 cm³/mol. The highest BCUT2D eigenvalue weighted by Crippen LogP contribution is 2.14. The molecule has 0 atom stereocenters. The highest BCUT2D eigenvalue weighted by Gasteiger charge is 2.16. The Morgan fingerprint density at radius 2 is 2.18 bits per heavy atom. The molecule has 0 aromatic carbocycles. The van der Waals surface area contributed by atoms with E-state index in [2.05, 4.69) is 4.98 Å². The van der Waals surface area contributed by atoms with Crippen molar-refractivity contribution in [2.75, 3.05) is 6.61 Å². The topological polar surface area (TPSA) is 61.2 Å². The van der Waals surface area contributed by atoms with Crippen LogP contribution in [0.1, 0.15) is 26.6 Å². The van der Waals surface area contributed by atoms with Gasteiger partial charge < -0.3 is 9.30 Å². The Morgan fingerprint density at radius 1 is 1.53 bits per heavy atom. The van der Waals surface area contributed by atoms with Gasteiger partial charge in [-0.15, -0.1) is 0 Å². The number of aromatic nitrogens is 2. The molecule has 1 aromatic rings. The molecule has 0 bridgehead atoms. The van der Waals surface area contributed by atoms with Gasteiger partial charge in [0, 0.05) is 29.8 Å². The van der Waals surface area contributed by atoms with Crippen LogP contribution in [-0.4, -0.2) is 30.7 Å². The van der Waals surface area contributed by atoms with E-state index in [4.69, 9.17) is 15.4 Å². The molecule has 1 aromatic heterocycles. The number of aryl methyl sites for hydroxylation is 1. The minimum absolute atomic E-state index is 0.0967. The number of halogens is 1. The molecule has 5 nitrogen and oxygen atoms in total. The average molecular weight is 281 g/mol. The second-order valence-electron chi connectivity index (χ2n) is 3.90. The van der Waals surface area contributed by atoms with Crippen LogP contribution in [0.15, 0.2) is 11.2 Å². The molecular weight excluding hydrogens is 264 g/mol. The van der Waals surface area contributed by atoms with Gasteiger partial charge in [0.2, 0.25) is 0 Å². The van der Waals surface area contributed by atoms with E-state index in [1.807, 2.05) is 20.8 Å². The van der Waals surface area contributed by atoms with Crippen LogP contribution in [0.4, 0.5) is 0 Å². The van der Waals surface area contributed by atoms with Gasteiger partial charge >= 0.3 is 0 Å². The normalized spacial score (nSPS) is 12.3. The van der Waals surface area contributed by atoms with Gasteiger partial charge in [-0.3, -0.25) is 0 Å². The minimum Gasteiger partial charge on any atom is -0.377 e. The molecule has 0 unspecified atom stereocenters. The van der Waals surface area contributed by atoms with Gasteiger partial charge in [0.15, 0.2) is 5.03 Å². The molecule has 98 valence electrons. The molecule has 1 heterocycles. The number of nitrogens with zero attached hydrogens (tertiary/aromatic N) is 2. The second-order valence-corrected chi connectivity index (χ2v) is 6.41. The maximum atomic E-state index is 11.2. The number of imidazole rings is 1.